The fourth-order valence-corrected chi connectivity index (χ4v) is 1.85. The van der Waals surface area contributed by atoms with Gasteiger partial charge < -0.3 is 4.74 Å². The number of aryl methyl sites for hydroxylation is 1. The number of para-hydroxylation sites is 1. The van der Waals surface area contributed by atoms with E-state index in [1.165, 1.54) is 5.56 Å². The summed E-state index contributed by atoms with van der Waals surface area (Å²) in [4.78, 5) is 2.62. The summed E-state index contributed by atoms with van der Waals surface area (Å²) < 4.78 is 5.82. The molecule has 4 heteroatoms. The SMILES string of the molecule is Cc1ccc(COc2ccccc2CNCl)cc1.Cl. The maximum Gasteiger partial charge on any atom is 0.124 e. The maximum absolute atomic E-state index is 5.82. The lowest BCUT2D eigenvalue weighted by Gasteiger charge is -2.10. The van der Waals surface area contributed by atoms with Crippen LogP contribution in [0.15, 0.2) is 48.5 Å². The normalized spacial score (nSPS) is 9.79. The molecule has 0 unspecified atom stereocenters. The van der Waals surface area contributed by atoms with Gasteiger partial charge in [-0.25, -0.2) is 4.84 Å². The average molecular weight is 298 g/mol. The van der Waals surface area contributed by atoms with Crippen LogP contribution in [0.5, 0.6) is 5.75 Å². The Bertz CT molecular complexity index is 500. The van der Waals surface area contributed by atoms with Crippen molar-refractivity contribution in [3.05, 3.63) is 65.2 Å². The Morgan fingerprint density at radius 3 is 2.42 bits per heavy atom. The zero-order chi connectivity index (χ0) is 12.8. The molecule has 2 nitrogen and oxygen atoms in total. The summed E-state index contributed by atoms with van der Waals surface area (Å²) >= 11 is 5.54. The molecule has 102 valence electrons. The van der Waals surface area contributed by atoms with E-state index in [1.807, 2.05) is 24.3 Å². The van der Waals surface area contributed by atoms with E-state index in [2.05, 4.69) is 36.0 Å². The molecule has 19 heavy (non-hydrogen) atoms. The first kappa shape index (κ1) is 15.8. The molecule has 0 saturated carbocycles. The highest BCUT2D eigenvalue weighted by Crippen LogP contribution is 2.19. The maximum atomic E-state index is 5.82. The van der Waals surface area contributed by atoms with Crippen molar-refractivity contribution in [3.8, 4) is 5.75 Å². The topological polar surface area (TPSA) is 21.3 Å². The molecule has 0 saturated heterocycles. The molecule has 0 atom stereocenters. The molecule has 0 aliphatic carbocycles. The van der Waals surface area contributed by atoms with E-state index in [9.17, 15) is 0 Å². The molecule has 0 aliphatic rings. The molecule has 2 aromatic carbocycles. The van der Waals surface area contributed by atoms with Crippen molar-refractivity contribution in [2.45, 2.75) is 20.1 Å². The van der Waals surface area contributed by atoms with Gasteiger partial charge in [0.2, 0.25) is 0 Å². The summed E-state index contributed by atoms with van der Waals surface area (Å²) in [5.74, 6) is 0.867. The highest BCUT2D eigenvalue weighted by Gasteiger charge is 2.02. The van der Waals surface area contributed by atoms with Gasteiger partial charge in [-0.2, -0.15) is 0 Å². The van der Waals surface area contributed by atoms with Crippen LogP contribution in [0, 0.1) is 6.92 Å². The van der Waals surface area contributed by atoms with E-state index >= 15 is 0 Å². The van der Waals surface area contributed by atoms with Crippen molar-refractivity contribution in [2.75, 3.05) is 0 Å². The number of hydrogen-bond acceptors (Lipinski definition) is 2. The van der Waals surface area contributed by atoms with Crippen molar-refractivity contribution in [2.24, 2.45) is 0 Å². The van der Waals surface area contributed by atoms with E-state index in [1.54, 1.807) is 0 Å². The smallest absolute Gasteiger partial charge is 0.124 e. The second kappa shape index (κ2) is 8.05. The minimum atomic E-state index is 0. The van der Waals surface area contributed by atoms with Crippen LogP contribution in [0.2, 0.25) is 0 Å². The molecule has 0 spiro atoms. The zero-order valence-electron chi connectivity index (χ0n) is 10.7. The fourth-order valence-electron chi connectivity index (χ4n) is 1.71. The van der Waals surface area contributed by atoms with Crippen LogP contribution in [0.4, 0.5) is 0 Å². The van der Waals surface area contributed by atoms with Crippen LogP contribution in [-0.4, -0.2) is 0 Å². The summed E-state index contributed by atoms with van der Waals surface area (Å²) in [6.07, 6.45) is 0. The molecule has 0 aliphatic heterocycles. The van der Waals surface area contributed by atoms with Gasteiger partial charge in [-0.05, 0) is 30.3 Å². The third kappa shape index (κ3) is 4.75. The molecule has 0 amide bonds. The Hall–Kier alpha value is -1.22. The van der Waals surface area contributed by atoms with Crippen LogP contribution >= 0.6 is 24.2 Å². The minimum Gasteiger partial charge on any atom is -0.489 e. The molecule has 0 fully saturated rings. The molecule has 0 radical (unpaired) electrons. The van der Waals surface area contributed by atoms with Crippen LogP contribution in [0.1, 0.15) is 16.7 Å². The molecule has 0 heterocycles. The minimum absolute atomic E-state index is 0. The third-order valence-electron chi connectivity index (χ3n) is 2.74. The monoisotopic (exact) mass is 297 g/mol. The number of benzene rings is 2. The summed E-state index contributed by atoms with van der Waals surface area (Å²) in [6.45, 7) is 3.23. The number of rotatable bonds is 5. The quantitative estimate of drug-likeness (QED) is 0.834. The van der Waals surface area contributed by atoms with E-state index in [0.29, 0.717) is 13.2 Å². The van der Waals surface area contributed by atoms with Gasteiger partial charge >= 0.3 is 0 Å². The van der Waals surface area contributed by atoms with E-state index in [0.717, 1.165) is 16.9 Å². The lowest BCUT2D eigenvalue weighted by molar-refractivity contribution is 0.302. The van der Waals surface area contributed by atoms with Crippen molar-refractivity contribution in [3.63, 3.8) is 0 Å². The first-order valence-corrected chi connectivity index (χ1v) is 6.27. The molecule has 1 N–H and O–H groups in total. The average Bonchev–Trinajstić information content (AvgIpc) is 2.40. The van der Waals surface area contributed by atoms with E-state index in [4.69, 9.17) is 16.5 Å². The Morgan fingerprint density at radius 1 is 1.05 bits per heavy atom. The first-order chi connectivity index (χ1) is 8.79. The van der Waals surface area contributed by atoms with Gasteiger partial charge in [-0.15, -0.1) is 12.4 Å². The molecule has 2 aromatic rings. The predicted molar refractivity (Wildman–Crippen MR) is 81.9 cm³/mol. The number of nitrogens with one attached hydrogen (secondary N) is 1. The molecular formula is C15H17Cl2NO. The number of halogens is 2. The van der Waals surface area contributed by atoms with Gasteiger partial charge in [0.05, 0.1) is 0 Å². The second-order valence-corrected chi connectivity index (χ2v) is 4.46. The first-order valence-electron chi connectivity index (χ1n) is 5.89. The third-order valence-corrected chi connectivity index (χ3v) is 2.88. The van der Waals surface area contributed by atoms with Crippen LogP contribution < -0.4 is 9.57 Å². The molecular weight excluding hydrogens is 281 g/mol. The summed E-state index contributed by atoms with van der Waals surface area (Å²) in [5.41, 5.74) is 3.47. The van der Waals surface area contributed by atoms with Crippen molar-refractivity contribution in [1.82, 2.24) is 4.84 Å². The van der Waals surface area contributed by atoms with E-state index in [-0.39, 0.29) is 12.4 Å². The van der Waals surface area contributed by atoms with Crippen LogP contribution in [0.3, 0.4) is 0 Å². The second-order valence-electron chi connectivity index (χ2n) is 4.19. The van der Waals surface area contributed by atoms with Crippen molar-refractivity contribution >= 4 is 24.2 Å². The Morgan fingerprint density at radius 2 is 1.74 bits per heavy atom. The van der Waals surface area contributed by atoms with E-state index < -0.39 is 0 Å². The van der Waals surface area contributed by atoms with Gasteiger partial charge in [0.25, 0.3) is 0 Å². The highest BCUT2D eigenvalue weighted by atomic mass is 35.5. The highest BCUT2D eigenvalue weighted by molar-refractivity contribution is 6.13. The molecule has 0 bridgehead atoms. The summed E-state index contributed by atoms with van der Waals surface area (Å²) in [6, 6.07) is 16.2. The number of hydrogen-bond donors (Lipinski definition) is 1. The Balaban J connectivity index is 0.00000180. The predicted octanol–water partition coefficient (Wildman–Crippen LogP) is 4.24. The van der Waals surface area contributed by atoms with Crippen LogP contribution in [-0.2, 0) is 13.2 Å². The lowest BCUT2D eigenvalue weighted by atomic mass is 10.1. The van der Waals surface area contributed by atoms with Gasteiger partial charge in [-0.3, -0.25) is 0 Å². The zero-order valence-corrected chi connectivity index (χ0v) is 12.3. The summed E-state index contributed by atoms with van der Waals surface area (Å²) in [7, 11) is 0. The van der Waals surface area contributed by atoms with Crippen molar-refractivity contribution in [1.29, 1.82) is 0 Å². The molecule has 0 aromatic heterocycles. The van der Waals surface area contributed by atoms with Crippen LogP contribution in [0.25, 0.3) is 0 Å². The van der Waals surface area contributed by atoms with Gasteiger partial charge in [0.15, 0.2) is 0 Å². The Labute approximate surface area is 125 Å². The lowest BCUT2D eigenvalue weighted by Crippen LogP contribution is -2.03. The van der Waals surface area contributed by atoms with Crippen molar-refractivity contribution < 1.29 is 4.74 Å². The summed E-state index contributed by atoms with van der Waals surface area (Å²) in [5, 5.41) is 0. The fraction of sp³-hybridized carbons (Fsp3) is 0.200. The molecule has 2 rings (SSSR count). The number of ether oxygens (including phenoxy) is 1. The standard InChI is InChI=1S/C15H16ClNO.ClH/c1-12-6-8-13(9-7-12)11-18-15-5-3-2-4-14(15)10-17-16;/h2-9,17H,10-11H2,1H3;1H. The van der Waals surface area contributed by atoms with Gasteiger partial charge in [0.1, 0.15) is 12.4 Å². The largest absolute Gasteiger partial charge is 0.489 e. The van der Waals surface area contributed by atoms with Gasteiger partial charge in [0, 0.05) is 12.1 Å². The Kier molecular flexibility index (Phi) is 6.71. The van der Waals surface area contributed by atoms with Gasteiger partial charge in [-0.1, -0.05) is 48.0 Å².